The number of guanidine groups is 1. The predicted octanol–water partition coefficient (Wildman–Crippen LogP) is 2.85. The molecule has 1 aliphatic rings. The van der Waals surface area contributed by atoms with Crippen molar-refractivity contribution in [3.8, 4) is 0 Å². The van der Waals surface area contributed by atoms with Gasteiger partial charge in [-0.05, 0) is 38.3 Å². The van der Waals surface area contributed by atoms with E-state index in [1.807, 2.05) is 18.2 Å². The lowest BCUT2D eigenvalue weighted by Gasteiger charge is -2.12. The SMILES string of the molecule is CCNC(=NCCCOCC1CCCO1)NCCNc1nc2ccccc2s1. The number of hydrogen-bond donors (Lipinski definition) is 3. The second-order valence-corrected chi connectivity index (χ2v) is 7.70. The van der Waals surface area contributed by atoms with Crippen LogP contribution in [0.5, 0.6) is 0 Å². The van der Waals surface area contributed by atoms with Gasteiger partial charge in [0.25, 0.3) is 0 Å². The van der Waals surface area contributed by atoms with Gasteiger partial charge in [0.1, 0.15) is 0 Å². The summed E-state index contributed by atoms with van der Waals surface area (Å²) in [5.74, 6) is 0.840. The Kier molecular flexibility index (Phi) is 8.80. The lowest BCUT2D eigenvalue weighted by atomic mass is 10.2. The molecule has 3 N–H and O–H groups in total. The summed E-state index contributed by atoms with van der Waals surface area (Å²) in [4.78, 5) is 9.19. The molecule has 0 aliphatic carbocycles. The minimum atomic E-state index is 0.297. The molecular weight excluding hydrogens is 374 g/mol. The van der Waals surface area contributed by atoms with Gasteiger partial charge in [-0.3, -0.25) is 4.99 Å². The summed E-state index contributed by atoms with van der Waals surface area (Å²) in [5.41, 5.74) is 1.04. The average molecular weight is 406 g/mol. The van der Waals surface area contributed by atoms with Gasteiger partial charge in [-0.2, -0.15) is 0 Å². The summed E-state index contributed by atoms with van der Waals surface area (Å²) in [5, 5.41) is 11.0. The molecule has 0 saturated carbocycles. The molecule has 2 aromatic rings. The molecular formula is C20H31N5O2S. The van der Waals surface area contributed by atoms with Crippen LogP contribution in [0.1, 0.15) is 26.2 Å². The molecule has 154 valence electrons. The van der Waals surface area contributed by atoms with Crippen molar-refractivity contribution < 1.29 is 9.47 Å². The van der Waals surface area contributed by atoms with Crippen LogP contribution in [0, 0.1) is 0 Å². The van der Waals surface area contributed by atoms with Gasteiger partial charge in [-0.25, -0.2) is 4.98 Å². The Balaban J connectivity index is 1.30. The number of aromatic nitrogens is 1. The van der Waals surface area contributed by atoms with E-state index >= 15 is 0 Å². The normalized spacial score (nSPS) is 17.2. The second-order valence-electron chi connectivity index (χ2n) is 6.66. The van der Waals surface area contributed by atoms with Crippen molar-refractivity contribution in [2.75, 3.05) is 51.3 Å². The first-order valence-corrected chi connectivity index (χ1v) is 11.0. The van der Waals surface area contributed by atoms with Gasteiger partial charge in [-0.15, -0.1) is 0 Å². The van der Waals surface area contributed by atoms with Crippen molar-refractivity contribution in [1.29, 1.82) is 0 Å². The van der Waals surface area contributed by atoms with Crippen LogP contribution in [-0.2, 0) is 9.47 Å². The number of fused-ring (bicyclic) bond motifs is 1. The topological polar surface area (TPSA) is 79.8 Å². The first kappa shape index (κ1) is 20.8. The van der Waals surface area contributed by atoms with Crippen LogP contribution in [0.25, 0.3) is 10.2 Å². The minimum absolute atomic E-state index is 0.297. The van der Waals surface area contributed by atoms with E-state index < -0.39 is 0 Å². The number of aliphatic imine (C=N–C) groups is 1. The monoisotopic (exact) mass is 405 g/mol. The van der Waals surface area contributed by atoms with Crippen LogP contribution in [0.2, 0.25) is 0 Å². The van der Waals surface area contributed by atoms with E-state index in [2.05, 4.69) is 38.9 Å². The third-order valence-electron chi connectivity index (χ3n) is 4.38. The van der Waals surface area contributed by atoms with Gasteiger partial charge in [0.05, 0.1) is 22.9 Å². The maximum absolute atomic E-state index is 5.68. The van der Waals surface area contributed by atoms with Crippen molar-refractivity contribution in [2.24, 2.45) is 4.99 Å². The van der Waals surface area contributed by atoms with Crippen LogP contribution < -0.4 is 16.0 Å². The van der Waals surface area contributed by atoms with Gasteiger partial charge in [0.15, 0.2) is 11.1 Å². The highest BCUT2D eigenvalue weighted by Gasteiger charge is 2.14. The lowest BCUT2D eigenvalue weighted by molar-refractivity contribution is 0.0171. The fourth-order valence-electron chi connectivity index (χ4n) is 2.99. The van der Waals surface area contributed by atoms with E-state index in [1.54, 1.807) is 11.3 Å². The summed E-state index contributed by atoms with van der Waals surface area (Å²) in [7, 11) is 0. The van der Waals surface area contributed by atoms with Gasteiger partial charge in [0.2, 0.25) is 0 Å². The molecule has 1 fully saturated rings. The number of thiazole rings is 1. The number of rotatable bonds is 11. The zero-order valence-electron chi connectivity index (χ0n) is 16.6. The zero-order valence-corrected chi connectivity index (χ0v) is 17.4. The molecule has 2 heterocycles. The molecule has 1 unspecified atom stereocenters. The third-order valence-corrected chi connectivity index (χ3v) is 5.37. The van der Waals surface area contributed by atoms with Crippen molar-refractivity contribution >= 4 is 32.6 Å². The second kappa shape index (κ2) is 11.8. The fourth-order valence-corrected chi connectivity index (χ4v) is 3.88. The molecule has 1 aromatic carbocycles. The molecule has 8 heteroatoms. The predicted molar refractivity (Wildman–Crippen MR) is 117 cm³/mol. The smallest absolute Gasteiger partial charge is 0.191 e. The van der Waals surface area contributed by atoms with Crippen molar-refractivity contribution in [3.63, 3.8) is 0 Å². The molecule has 1 atom stereocenters. The highest BCUT2D eigenvalue weighted by molar-refractivity contribution is 7.22. The van der Waals surface area contributed by atoms with E-state index in [9.17, 15) is 0 Å². The van der Waals surface area contributed by atoms with Crippen LogP contribution >= 0.6 is 11.3 Å². The Morgan fingerprint density at radius 1 is 1.32 bits per heavy atom. The Bertz CT molecular complexity index is 697. The summed E-state index contributed by atoms with van der Waals surface area (Å²) in [6, 6.07) is 8.19. The summed E-state index contributed by atoms with van der Waals surface area (Å²) in [6.07, 6.45) is 3.49. The number of nitrogens with zero attached hydrogens (tertiary/aromatic N) is 2. The maximum atomic E-state index is 5.68. The molecule has 28 heavy (non-hydrogen) atoms. The fraction of sp³-hybridized carbons (Fsp3) is 0.600. The van der Waals surface area contributed by atoms with Crippen molar-refractivity contribution in [1.82, 2.24) is 15.6 Å². The Morgan fingerprint density at radius 2 is 2.25 bits per heavy atom. The molecule has 0 radical (unpaired) electrons. The van der Waals surface area contributed by atoms with E-state index in [1.165, 1.54) is 4.70 Å². The quantitative estimate of drug-likeness (QED) is 0.303. The van der Waals surface area contributed by atoms with Gasteiger partial charge < -0.3 is 25.4 Å². The van der Waals surface area contributed by atoms with E-state index in [0.717, 1.165) is 75.3 Å². The van der Waals surface area contributed by atoms with Crippen LogP contribution in [0.15, 0.2) is 29.3 Å². The minimum Gasteiger partial charge on any atom is -0.379 e. The first-order valence-electron chi connectivity index (χ1n) is 10.2. The third kappa shape index (κ3) is 6.92. The Hall–Kier alpha value is -1.90. The van der Waals surface area contributed by atoms with Gasteiger partial charge in [0, 0.05) is 39.4 Å². The molecule has 1 aliphatic heterocycles. The standard InChI is InChI=1S/C20H31N5O2S/c1-2-21-19(22-10-6-13-26-15-16-7-5-14-27-16)23-11-12-24-20-25-17-8-3-4-9-18(17)28-20/h3-4,8-9,16H,2,5-7,10-15H2,1H3,(H,24,25)(H2,21,22,23). The molecule has 0 bridgehead atoms. The molecule has 0 spiro atoms. The maximum Gasteiger partial charge on any atom is 0.191 e. The van der Waals surface area contributed by atoms with E-state index in [4.69, 9.17) is 9.47 Å². The number of hydrogen-bond acceptors (Lipinski definition) is 6. The van der Waals surface area contributed by atoms with Crippen molar-refractivity contribution in [3.05, 3.63) is 24.3 Å². The van der Waals surface area contributed by atoms with Gasteiger partial charge >= 0.3 is 0 Å². The Labute approximate surface area is 170 Å². The average Bonchev–Trinajstić information content (AvgIpc) is 3.36. The first-order chi connectivity index (χ1) is 13.8. The molecule has 7 nitrogen and oxygen atoms in total. The summed E-state index contributed by atoms with van der Waals surface area (Å²) >= 11 is 1.68. The highest BCUT2D eigenvalue weighted by atomic mass is 32.1. The number of anilines is 1. The number of benzene rings is 1. The molecule has 0 amide bonds. The largest absolute Gasteiger partial charge is 0.379 e. The van der Waals surface area contributed by atoms with E-state index in [0.29, 0.717) is 12.7 Å². The Morgan fingerprint density at radius 3 is 3.07 bits per heavy atom. The van der Waals surface area contributed by atoms with Crippen molar-refractivity contribution in [2.45, 2.75) is 32.3 Å². The van der Waals surface area contributed by atoms with Crippen LogP contribution in [0.3, 0.4) is 0 Å². The summed E-state index contributed by atoms with van der Waals surface area (Å²) in [6.45, 7) is 7.53. The number of nitrogens with one attached hydrogen (secondary N) is 3. The van der Waals surface area contributed by atoms with Crippen LogP contribution in [0.4, 0.5) is 5.13 Å². The highest BCUT2D eigenvalue weighted by Crippen LogP contribution is 2.24. The van der Waals surface area contributed by atoms with E-state index in [-0.39, 0.29) is 0 Å². The molecule has 3 rings (SSSR count). The number of ether oxygens (including phenoxy) is 2. The van der Waals surface area contributed by atoms with Crippen LogP contribution in [-0.4, -0.2) is 63.0 Å². The zero-order chi connectivity index (χ0) is 19.4. The number of para-hydroxylation sites is 1. The van der Waals surface area contributed by atoms with Gasteiger partial charge in [-0.1, -0.05) is 23.5 Å². The summed E-state index contributed by atoms with van der Waals surface area (Å²) < 4.78 is 12.4. The molecule has 1 aromatic heterocycles. The molecule has 1 saturated heterocycles. The lowest BCUT2D eigenvalue weighted by Crippen LogP contribution is -2.39.